The van der Waals surface area contributed by atoms with Crippen LogP contribution in [-0.4, -0.2) is 22.2 Å². The molecule has 0 aliphatic carbocycles. The lowest BCUT2D eigenvalue weighted by molar-refractivity contribution is 0.0688. The van der Waals surface area contributed by atoms with Crippen LogP contribution in [0, 0.1) is 11.8 Å². The molecule has 4 aromatic carbocycles. The van der Waals surface area contributed by atoms with E-state index in [4.69, 9.17) is 0 Å². The molecule has 0 radical (unpaired) electrons. The van der Waals surface area contributed by atoms with Crippen molar-refractivity contribution >= 4 is 33.5 Å². The molecule has 0 heterocycles. The van der Waals surface area contributed by atoms with E-state index < -0.39 is 11.9 Å². The van der Waals surface area contributed by atoms with Crippen LogP contribution in [0.2, 0.25) is 0 Å². The Kier molecular flexibility index (Phi) is 4.27. The lowest BCUT2D eigenvalue weighted by atomic mass is 9.97. The molecule has 134 valence electrons. The molecule has 4 heteroatoms. The normalized spacial score (nSPS) is 10.4. The van der Waals surface area contributed by atoms with Crippen molar-refractivity contribution < 1.29 is 19.8 Å². The van der Waals surface area contributed by atoms with Gasteiger partial charge in [0.1, 0.15) is 0 Å². The van der Waals surface area contributed by atoms with E-state index in [0.29, 0.717) is 10.8 Å². The van der Waals surface area contributed by atoms with Crippen molar-refractivity contribution in [1.82, 2.24) is 0 Å². The van der Waals surface area contributed by atoms with E-state index in [0.717, 1.165) is 16.3 Å². The number of benzene rings is 4. The summed E-state index contributed by atoms with van der Waals surface area (Å²) in [7, 11) is 0. The number of hydrogen-bond donors (Lipinski definition) is 2. The number of carboxylic acids is 2. The lowest BCUT2D eigenvalue weighted by Crippen LogP contribution is -2.03. The van der Waals surface area contributed by atoms with Crippen molar-refractivity contribution in [2.24, 2.45) is 0 Å². The Morgan fingerprint density at radius 3 is 2.11 bits per heavy atom. The van der Waals surface area contributed by atoms with Gasteiger partial charge in [-0.1, -0.05) is 54.3 Å². The quantitative estimate of drug-likeness (QED) is 0.500. The average Bonchev–Trinajstić information content (AvgIpc) is 2.70. The summed E-state index contributed by atoms with van der Waals surface area (Å²) < 4.78 is 0. The molecule has 0 spiro atoms. The predicted octanol–water partition coefficient (Wildman–Crippen LogP) is 4.79. The third-order valence-electron chi connectivity index (χ3n) is 4.57. The molecule has 0 aromatic heterocycles. The molecule has 0 bridgehead atoms. The minimum Gasteiger partial charge on any atom is -0.478 e. The molecule has 0 amide bonds. The molecule has 0 unspecified atom stereocenters. The summed E-state index contributed by atoms with van der Waals surface area (Å²) in [5, 5.41) is 22.1. The second-order valence-electron chi connectivity index (χ2n) is 6.35. The fourth-order valence-corrected chi connectivity index (χ4v) is 3.20. The number of hydrogen-bond acceptors (Lipinski definition) is 2. The summed E-state index contributed by atoms with van der Waals surface area (Å²) in [6, 6.07) is 21.4. The van der Waals surface area contributed by atoms with Gasteiger partial charge in [0.15, 0.2) is 0 Å². The zero-order chi connectivity index (χ0) is 19.7. The number of rotatable bonds is 2. The summed E-state index contributed by atoms with van der Waals surface area (Å²) in [5.74, 6) is 3.74. The van der Waals surface area contributed by atoms with Crippen LogP contribution < -0.4 is 0 Å². The first-order valence-corrected chi connectivity index (χ1v) is 8.57. The summed E-state index contributed by atoms with van der Waals surface area (Å²) >= 11 is 0. The smallest absolute Gasteiger partial charge is 0.336 e. The topological polar surface area (TPSA) is 74.6 Å². The first-order chi connectivity index (χ1) is 13.5. The van der Waals surface area contributed by atoms with Crippen LogP contribution in [0.25, 0.3) is 21.5 Å². The van der Waals surface area contributed by atoms with Gasteiger partial charge in [0.05, 0.1) is 11.1 Å². The Morgan fingerprint density at radius 1 is 0.643 bits per heavy atom. The highest BCUT2D eigenvalue weighted by Gasteiger charge is 2.14. The molecule has 0 saturated carbocycles. The Hall–Kier alpha value is -4.10. The van der Waals surface area contributed by atoms with Crippen LogP contribution in [0.1, 0.15) is 31.8 Å². The lowest BCUT2D eigenvalue weighted by Gasteiger charge is -2.06. The van der Waals surface area contributed by atoms with Crippen molar-refractivity contribution in [3.63, 3.8) is 0 Å². The molecule has 2 N–H and O–H groups in total. The van der Waals surface area contributed by atoms with Gasteiger partial charge in [-0.2, -0.15) is 0 Å². The molecule has 0 fully saturated rings. The number of aromatic carboxylic acids is 2. The zero-order valence-electron chi connectivity index (χ0n) is 14.6. The first kappa shape index (κ1) is 17.3. The molecule has 0 saturated heterocycles. The van der Waals surface area contributed by atoms with E-state index in [1.807, 2.05) is 42.5 Å². The van der Waals surface area contributed by atoms with Gasteiger partial charge < -0.3 is 10.2 Å². The van der Waals surface area contributed by atoms with Crippen LogP contribution in [0.15, 0.2) is 72.8 Å². The molecular weight excluding hydrogens is 352 g/mol. The van der Waals surface area contributed by atoms with E-state index in [2.05, 4.69) is 11.8 Å². The van der Waals surface area contributed by atoms with Crippen LogP contribution in [0.4, 0.5) is 0 Å². The van der Waals surface area contributed by atoms with Gasteiger partial charge >= 0.3 is 11.9 Å². The molecule has 0 atom stereocenters. The molecule has 0 aliphatic rings. The van der Waals surface area contributed by atoms with E-state index in [1.54, 1.807) is 12.1 Å². The number of carboxylic acid groups (broad SMARTS) is 2. The van der Waals surface area contributed by atoms with Crippen molar-refractivity contribution in [3.8, 4) is 11.8 Å². The van der Waals surface area contributed by atoms with Crippen molar-refractivity contribution in [2.75, 3.05) is 0 Å². The summed E-state index contributed by atoms with van der Waals surface area (Å²) in [6.07, 6.45) is 0. The molecule has 4 aromatic rings. The monoisotopic (exact) mass is 366 g/mol. The minimum absolute atomic E-state index is 0.0447. The van der Waals surface area contributed by atoms with Gasteiger partial charge in [-0.05, 0) is 51.9 Å². The third-order valence-corrected chi connectivity index (χ3v) is 4.57. The summed E-state index contributed by atoms with van der Waals surface area (Å²) in [5.41, 5.74) is 1.19. The average molecular weight is 366 g/mol. The molecular formula is C24H14O4. The van der Waals surface area contributed by atoms with Gasteiger partial charge in [0, 0.05) is 11.1 Å². The fourth-order valence-electron chi connectivity index (χ4n) is 3.20. The predicted molar refractivity (Wildman–Crippen MR) is 108 cm³/mol. The molecule has 4 nitrogen and oxygen atoms in total. The van der Waals surface area contributed by atoms with Crippen LogP contribution >= 0.6 is 0 Å². The first-order valence-electron chi connectivity index (χ1n) is 8.57. The summed E-state index contributed by atoms with van der Waals surface area (Å²) in [6.45, 7) is 0. The number of fused-ring (bicyclic) bond motifs is 2. The highest BCUT2D eigenvalue weighted by molar-refractivity contribution is 6.06. The van der Waals surface area contributed by atoms with Gasteiger partial charge in [-0.25, -0.2) is 9.59 Å². The molecule has 4 rings (SSSR count). The second-order valence-corrected chi connectivity index (χ2v) is 6.35. The minimum atomic E-state index is -1.11. The van der Waals surface area contributed by atoms with E-state index in [-0.39, 0.29) is 16.7 Å². The maximum absolute atomic E-state index is 11.7. The van der Waals surface area contributed by atoms with Gasteiger partial charge in [-0.3, -0.25) is 0 Å². The van der Waals surface area contributed by atoms with E-state index in [1.165, 1.54) is 18.2 Å². The fraction of sp³-hybridized carbons (Fsp3) is 0. The SMILES string of the molecule is O=C(O)c1cc2cccc(C(=O)O)c2cc1C#Cc1ccc2ccccc2c1. The Bertz CT molecular complexity index is 1320. The van der Waals surface area contributed by atoms with Crippen molar-refractivity contribution in [3.05, 3.63) is 95.1 Å². The molecule has 0 aliphatic heterocycles. The third kappa shape index (κ3) is 3.17. The van der Waals surface area contributed by atoms with E-state index >= 15 is 0 Å². The Balaban J connectivity index is 1.88. The molecule has 28 heavy (non-hydrogen) atoms. The van der Waals surface area contributed by atoms with Crippen LogP contribution in [-0.2, 0) is 0 Å². The zero-order valence-corrected chi connectivity index (χ0v) is 14.6. The van der Waals surface area contributed by atoms with Crippen molar-refractivity contribution in [1.29, 1.82) is 0 Å². The van der Waals surface area contributed by atoms with E-state index in [9.17, 15) is 19.8 Å². The van der Waals surface area contributed by atoms with Gasteiger partial charge in [-0.15, -0.1) is 0 Å². The van der Waals surface area contributed by atoms with Crippen molar-refractivity contribution in [2.45, 2.75) is 0 Å². The van der Waals surface area contributed by atoms with Crippen LogP contribution in [0.5, 0.6) is 0 Å². The maximum atomic E-state index is 11.7. The highest BCUT2D eigenvalue weighted by Crippen LogP contribution is 2.24. The Morgan fingerprint density at radius 2 is 1.36 bits per heavy atom. The van der Waals surface area contributed by atoms with Gasteiger partial charge in [0.2, 0.25) is 0 Å². The van der Waals surface area contributed by atoms with Gasteiger partial charge in [0.25, 0.3) is 0 Å². The van der Waals surface area contributed by atoms with Crippen LogP contribution in [0.3, 0.4) is 0 Å². The Labute approximate surface area is 160 Å². The number of carbonyl (C=O) groups is 2. The standard InChI is InChI=1S/C24H14O4/c25-23(26)20-7-3-6-18-14-22(24(27)28)19(13-21(18)20)11-9-15-8-10-16-4-1-2-5-17(16)12-15/h1-8,10,12-14H,(H,25,26)(H,27,28). The largest absolute Gasteiger partial charge is 0.478 e. The second kappa shape index (κ2) is 6.90. The highest BCUT2D eigenvalue weighted by atomic mass is 16.4. The summed E-state index contributed by atoms with van der Waals surface area (Å²) in [4.78, 5) is 23.2. The maximum Gasteiger partial charge on any atom is 0.336 e.